The van der Waals surface area contributed by atoms with Gasteiger partial charge in [0.1, 0.15) is 5.78 Å². The van der Waals surface area contributed by atoms with Crippen LogP contribution >= 0.6 is 12.4 Å². The van der Waals surface area contributed by atoms with Crippen molar-refractivity contribution >= 4 is 24.2 Å². The first-order valence-corrected chi connectivity index (χ1v) is 2.90. The quantitative estimate of drug-likeness (QED) is 0.556. The molecule has 0 aromatic rings. The van der Waals surface area contributed by atoms with Crippen molar-refractivity contribution in [2.24, 2.45) is 0 Å². The molecular weight excluding hydrogens is 188 g/mol. The fourth-order valence-corrected chi connectivity index (χ4v) is 0.0781. The van der Waals surface area contributed by atoms with E-state index in [1.807, 2.05) is 0 Å². The monoisotopic (exact) mass is 200 g/mol. The molecule has 0 aliphatic rings. The molecule has 1 unspecified atom stereocenters. The fraction of sp³-hybridized carbons (Fsp3) is 0.667. The molecule has 0 aromatic heterocycles. The van der Waals surface area contributed by atoms with Gasteiger partial charge in [-0.1, -0.05) is 0 Å². The maximum atomic E-state index is 9.52. The first kappa shape index (κ1) is 17.4. The minimum atomic E-state index is -1.63. The molecule has 12 heavy (non-hydrogen) atoms. The first-order valence-electron chi connectivity index (χ1n) is 2.90. The first-order chi connectivity index (χ1) is 4.91. The van der Waals surface area contributed by atoms with Gasteiger partial charge in [0, 0.05) is 0 Å². The molecule has 0 aliphatic carbocycles. The molecule has 0 radical (unpaired) electrons. The highest BCUT2D eigenvalue weighted by atomic mass is 35.5. The van der Waals surface area contributed by atoms with Gasteiger partial charge in [-0.15, -0.1) is 12.4 Å². The predicted molar refractivity (Wildman–Crippen MR) is 44.3 cm³/mol. The van der Waals surface area contributed by atoms with E-state index in [0.717, 1.165) is 0 Å². The predicted octanol–water partition coefficient (Wildman–Crippen LogP) is -0.559. The number of Topliss-reactive ketones (excluding diaryl/α,β-unsaturated/α-hetero) is 1. The molecular formula is C6H13ClO5. The van der Waals surface area contributed by atoms with Crippen molar-refractivity contribution < 1.29 is 24.9 Å². The summed E-state index contributed by atoms with van der Waals surface area (Å²) in [5.74, 6) is -1.23. The zero-order chi connectivity index (χ0) is 9.44. The molecule has 0 spiro atoms. The molecule has 3 N–H and O–H groups in total. The Balaban J connectivity index is -0.000000142. The van der Waals surface area contributed by atoms with Crippen LogP contribution in [0.5, 0.6) is 0 Å². The number of rotatable bonds is 2. The zero-order valence-electron chi connectivity index (χ0n) is 6.85. The number of carboxylic acid groups (broad SMARTS) is 1. The van der Waals surface area contributed by atoms with Gasteiger partial charge >= 0.3 is 5.97 Å². The maximum Gasteiger partial charge on any atom is 0.334 e. The summed E-state index contributed by atoms with van der Waals surface area (Å²) in [6, 6.07) is 0. The molecule has 0 rings (SSSR count). The highest BCUT2D eigenvalue weighted by Crippen LogP contribution is 1.75. The number of carboxylic acids is 1. The molecule has 0 saturated heterocycles. The highest BCUT2D eigenvalue weighted by molar-refractivity contribution is 5.85. The van der Waals surface area contributed by atoms with Gasteiger partial charge in [-0.05, 0) is 13.8 Å². The lowest BCUT2D eigenvalue weighted by Crippen LogP contribution is -2.22. The van der Waals surface area contributed by atoms with Crippen LogP contribution in [-0.2, 0) is 9.59 Å². The topological polar surface area (TPSA) is 94.8 Å². The maximum absolute atomic E-state index is 9.52. The van der Waals surface area contributed by atoms with E-state index < -0.39 is 18.7 Å². The Kier molecular flexibility index (Phi) is 15.0. The third-order valence-electron chi connectivity index (χ3n) is 0.458. The number of carbonyl (C=O) groups excluding carboxylic acids is 1. The van der Waals surface area contributed by atoms with Gasteiger partial charge in [0.2, 0.25) is 0 Å². The van der Waals surface area contributed by atoms with E-state index in [2.05, 4.69) is 0 Å². The summed E-state index contributed by atoms with van der Waals surface area (Å²) in [6.07, 6.45) is -1.63. The van der Waals surface area contributed by atoms with Crippen LogP contribution in [0.15, 0.2) is 0 Å². The standard InChI is InChI=1S/C3H6O4.C3H6O.ClH/c4-1-2(5)3(6)7;1-3(2)4;/h2,4-5H,1H2,(H,6,7);1-2H3;1H. The Morgan fingerprint density at radius 2 is 1.58 bits per heavy atom. The van der Waals surface area contributed by atoms with Crippen molar-refractivity contribution in [2.75, 3.05) is 6.61 Å². The molecule has 74 valence electrons. The summed E-state index contributed by atoms with van der Waals surface area (Å²) in [4.78, 5) is 19.0. The SMILES string of the molecule is CC(C)=O.Cl.O=C(O)C(O)CO. The van der Waals surface area contributed by atoms with E-state index in [9.17, 15) is 9.59 Å². The lowest BCUT2D eigenvalue weighted by Gasteiger charge is -1.95. The van der Waals surface area contributed by atoms with E-state index in [1.54, 1.807) is 0 Å². The van der Waals surface area contributed by atoms with Gasteiger partial charge in [-0.3, -0.25) is 0 Å². The summed E-state index contributed by atoms with van der Waals surface area (Å²) < 4.78 is 0. The number of aliphatic hydroxyl groups excluding tert-OH is 2. The normalized spacial score (nSPS) is 10.0. The van der Waals surface area contributed by atoms with Crippen molar-refractivity contribution in [2.45, 2.75) is 20.0 Å². The van der Waals surface area contributed by atoms with E-state index >= 15 is 0 Å². The number of aliphatic hydroxyl groups is 2. The van der Waals surface area contributed by atoms with Crippen molar-refractivity contribution in [1.82, 2.24) is 0 Å². The van der Waals surface area contributed by atoms with Crippen molar-refractivity contribution in [3.8, 4) is 0 Å². The largest absolute Gasteiger partial charge is 0.479 e. The Labute approximate surface area is 76.4 Å². The zero-order valence-corrected chi connectivity index (χ0v) is 7.67. The minimum absolute atomic E-state index is 0. The number of hydrogen-bond acceptors (Lipinski definition) is 4. The number of ketones is 1. The summed E-state index contributed by atoms with van der Waals surface area (Å²) in [6.45, 7) is 2.33. The smallest absolute Gasteiger partial charge is 0.334 e. The van der Waals surface area contributed by atoms with E-state index in [1.165, 1.54) is 13.8 Å². The summed E-state index contributed by atoms with van der Waals surface area (Å²) in [5.41, 5.74) is 0. The minimum Gasteiger partial charge on any atom is -0.479 e. The van der Waals surface area contributed by atoms with Crippen molar-refractivity contribution in [3.05, 3.63) is 0 Å². The van der Waals surface area contributed by atoms with E-state index in [4.69, 9.17) is 15.3 Å². The lowest BCUT2D eigenvalue weighted by atomic mass is 10.4. The Bertz CT molecular complexity index is 132. The molecule has 0 saturated carbocycles. The van der Waals surface area contributed by atoms with E-state index in [-0.39, 0.29) is 18.2 Å². The molecule has 0 aromatic carbocycles. The van der Waals surface area contributed by atoms with Crippen LogP contribution in [0.25, 0.3) is 0 Å². The Morgan fingerprint density at radius 3 is 1.58 bits per heavy atom. The van der Waals surface area contributed by atoms with Crippen LogP contribution in [0.2, 0.25) is 0 Å². The van der Waals surface area contributed by atoms with Crippen LogP contribution in [0.3, 0.4) is 0 Å². The van der Waals surface area contributed by atoms with Gasteiger partial charge in [0.15, 0.2) is 6.10 Å². The number of aliphatic carboxylic acids is 1. The molecule has 0 heterocycles. The molecule has 0 fully saturated rings. The van der Waals surface area contributed by atoms with Crippen LogP contribution < -0.4 is 0 Å². The van der Waals surface area contributed by atoms with Crippen molar-refractivity contribution in [3.63, 3.8) is 0 Å². The number of halogens is 1. The number of hydrogen-bond donors (Lipinski definition) is 3. The number of carbonyl (C=O) groups is 2. The van der Waals surface area contributed by atoms with Gasteiger partial charge < -0.3 is 20.1 Å². The Morgan fingerprint density at radius 1 is 1.33 bits per heavy atom. The molecule has 5 nitrogen and oxygen atoms in total. The molecule has 0 aliphatic heterocycles. The van der Waals surface area contributed by atoms with Crippen LogP contribution in [0.1, 0.15) is 13.8 Å². The van der Waals surface area contributed by atoms with Crippen LogP contribution in [0, 0.1) is 0 Å². The summed E-state index contributed by atoms with van der Waals surface area (Å²) >= 11 is 0. The third-order valence-corrected chi connectivity index (χ3v) is 0.458. The average Bonchev–Trinajstić information content (AvgIpc) is 1.85. The van der Waals surface area contributed by atoms with E-state index in [0.29, 0.717) is 0 Å². The average molecular weight is 201 g/mol. The van der Waals surface area contributed by atoms with Gasteiger partial charge in [0.05, 0.1) is 6.61 Å². The molecule has 1 atom stereocenters. The lowest BCUT2D eigenvalue weighted by molar-refractivity contribution is -0.148. The summed E-state index contributed by atoms with van der Waals surface area (Å²) in [7, 11) is 0. The van der Waals surface area contributed by atoms with Crippen LogP contribution in [0.4, 0.5) is 0 Å². The van der Waals surface area contributed by atoms with Crippen LogP contribution in [-0.4, -0.2) is 39.8 Å². The molecule has 0 amide bonds. The second-order valence-corrected chi connectivity index (χ2v) is 1.94. The van der Waals surface area contributed by atoms with Gasteiger partial charge in [-0.2, -0.15) is 0 Å². The second-order valence-electron chi connectivity index (χ2n) is 1.94. The molecule has 6 heteroatoms. The highest BCUT2D eigenvalue weighted by Gasteiger charge is 2.08. The fourth-order valence-electron chi connectivity index (χ4n) is 0.0781. The summed E-state index contributed by atoms with van der Waals surface area (Å²) in [5, 5.41) is 23.7. The van der Waals surface area contributed by atoms with Crippen molar-refractivity contribution in [1.29, 1.82) is 0 Å². The molecule has 0 bridgehead atoms. The second kappa shape index (κ2) is 10.3. The third kappa shape index (κ3) is 22.8. The van der Waals surface area contributed by atoms with Gasteiger partial charge in [-0.25, -0.2) is 4.79 Å². The van der Waals surface area contributed by atoms with Gasteiger partial charge in [0.25, 0.3) is 0 Å². The Hall–Kier alpha value is -0.650.